The first-order chi connectivity index (χ1) is 11.9. The van der Waals surface area contributed by atoms with Crippen LogP contribution in [0.5, 0.6) is 0 Å². The number of carboxylic acid groups (broad SMARTS) is 1. The number of hydrogen-bond donors (Lipinski definition) is 3. The lowest BCUT2D eigenvalue weighted by molar-refractivity contribution is -0.192. The Hall–Kier alpha value is -2.16. The van der Waals surface area contributed by atoms with Gasteiger partial charge in [-0.3, -0.25) is 4.79 Å². The number of alkyl halides is 3. The number of carbonyl (C=O) groups is 2. The van der Waals surface area contributed by atoms with Gasteiger partial charge >= 0.3 is 12.1 Å². The molecule has 9 heteroatoms. The van der Waals surface area contributed by atoms with Crippen LogP contribution in [0.3, 0.4) is 0 Å². The fourth-order valence-electron chi connectivity index (χ4n) is 3.53. The lowest BCUT2D eigenvalue weighted by Crippen LogP contribution is -2.55. The van der Waals surface area contributed by atoms with E-state index in [-0.39, 0.29) is 17.6 Å². The summed E-state index contributed by atoms with van der Waals surface area (Å²) in [4.78, 5) is 21.0. The molecule has 5 nitrogen and oxygen atoms in total. The first-order valence-electron chi connectivity index (χ1n) is 8.05. The van der Waals surface area contributed by atoms with Crippen LogP contribution in [-0.2, 0) is 9.59 Å². The van der Waals surface area contributed by atoms with Crippen LogP contribution in [0.2, 0.25) is 0 Å². The van der Waals surface area contributed by atoms with Gasteiger partial charge in [-0.2, -0.15) is 13.2 Å². The number of halogens is 4. The Kier molecular flexibility index (Phi) is 5.60. The second kappa shape index (κ2) is 7.22. The molecule has 0 heterocycles. The van der Waals surface area contributed by atoms with E-state index in [4.69, 9.17) is 15.6 Å². The molecule has 0 atom stereocenters. The van der Waals surface area contributed by atoms with Gasteiger partial charge in [0.2, 0.25) is 5.91 Å². The summed E-state index contributed by atoms with van der Waals surface area (Å²) in [5.41, 5.74) is 7.22. The molecule has 0 radical (unpaired) electrons. The quantitative estimate of drug-likeness (QED) is 0.691. The van der Waals surface area contributed by atoms with Gasteiger partial charge in [-0.1, -0.05) is 6.07 Å². The van der Waals surface area contributed by atoms with Gasteiger partial charge in [0.1, 0.15) is 5.82 Å². The maximum atomic E-state index is 13.4. The van der Waals surface area contributed by atoms with E-state index in [0.717, 1.165) is 25.7 Å². The summed E-state index contributed by atoms with van der Waals surface area (Å²) in [6.45, 7) is 1.68. The molecule has 0 aliphatic heterocycles. The van der Waals surface area contributed by atoms with Crippen LogP contribution in [0.25, 0.3) is 0 Å². The fourth-order valence-corrected chi connectivity index (χ4v) is 3.53. The van der Waals surface area contributed by atoms with Gasteiger partial charge in [-0.25, -0.2) is 9.18 Å². The Morgan fingerprint density at radius 2 is 1.77 bits per heavy atom. The van der Waals surface area contributed by atoms with Crippen LogP contribution in [0, 0.1) is 24.1 Å². The van der Waals surface area contributed by atoms with E-state index in [1.54, 1.807) is 19.1 Å². The minimum Gasteiger partial charge on any atom is -0.475 e. The SMILES string of the molecule is Cc1c(F)cccc1NC(=O)C1CC2(CC(N)C2)C1.O=C(O)C(F)(F)F. The lowest BCUT2D eigenvalue weighted by Gasteiger charge is -2.56. The molecule has 3 rings (SSSR count). The minimum absolute atomic E-state index is 0.0137. The van der Waals surface area contributed by atoms with Gasteiger partial charge in [-0.15, -0.1) is 0 Å². The molecule has 1 spiro atoms. The Bertz CT molecular complexity index is 692. The Labute approximate surface area is 147 Å². The highest BCUT2D eigenvalue weighted by Gasteiger charge is 2.53. The van der Waals surface area contributed by atoms with Crippen molar-refractivity contribution in [1.29, 1.82) is 0 Å². The standard InChI is InChI=1S/C15H19FN2O.C2HF3O2/c1-9-12(16)3-2-4-13(9)18-14(19)10-5-15(6-10)7-11(17)8-15;3-2(4,5)1(6)7/h2-4,10-11H,5-8,17H2,1H3,(H,18,19);(H,6,7). The predicted octanol–water partition coefficient (Wildman–Crippen LogP) is 3.22. The summed E-state index contributed by atoms with van der Waals surface area (Å²) < 4.78 is 45.1. The van der Waals surface area contributed by atoms with Crippen LogP contribution >= 0.6 is 0 Å². The number of carboxylic acids is 1. The van der Waals surface area contributed by atoms with Crippen LogP contribution in [-0.4, -0.2) is 29.2 Å². The van der Waals surface area contributed by atoms with E-state index in [0.29, 0.717) is 22.7 Å². The molecular formula is C17H20F4N2O3. The van der Waals surface area contributed by atoms with E-state index >= 15 is 0 Å². The average molecular weight is 376 g/mol. The minimum atomic E-state index is -5.08. The third kappa shape index (κ3) is 4.51. The van der Waals surface area contributed by atoms with Gasteiger partial charge in [-0.05, 0) is 50.2 Å². The zero-order chi connectivity index (χ0) is 19.7. The number of amides is 1. The third-order valence-electron chi connectivity index (χ3n) is 4.89. The van der Waals surface area contributed by atoms with E-state index < -0.39 is 12.1 Å². The molecule has 1 aromatic rings. The molecule has 2 saturated carbocycles. The average Bonchev–Trinajstić information content (AvgIpc) is 2.45. The Morgan fingerprint density at radius 1 is 1.23 bits per heavy atom. The maximum Gasteiger partial charge on any atom is 0.490 e. The number of rotatable bonds is 2. The van der Waals surface area contributed by atoms with Crippen LogP contribution in [0.15, 0.2) is 18.2 Å². The predicted molar refractivity (Wildman–Crippen MR) is 85.8 cm³/mol. The molecule has 2 aliphatic carbocycles. The van der Waals surface area contributed by atoms with E-state index in [2.05, 4.69) is 5.32 Å². The molecule has 26 heavy (non-hydrogen) atoms. The number of carbonyl (C=O) groups excluding carboxylic acids is 1. The van der Waals surface area contributed by atoms with Crippen molar-refractivity contribution in [2.45, 2.75) is 44.8 Å². The Balaban J connectivity index is 0.000000298. The van der Waals surface area contributed by atoms with E-state index in [1.165, 1.54) is 6.07 Å². The summed E-state index contributed by atoms with van der Waals surface area (Å²) in [5.74, 6) is -2.96. The summed E-state index contributed by atoms with van der Waals surface area (Å²) in [7, 11) is 0. The van der Waals surface area contributed by atoms with Crippen molar-refractivity contribution < 1.29 is 32.3 Å². The summed E-state index contributed by atoms with van der Waals surface area (Å²) >= 11 is 0. The smallest absolute Gasteiger partial charge is 0.475 e. The Morgan fingerprint density at radius 3 is 2.23 bits per heavy atom. The van der Waals surface area contributed by atoms with E-state index in [9.17, 15) is 22.4 Å². The van der Waals surface area contributed by atoms with Crippen molar-refractivity contribution in [2.75, 3.05) is 5.32 Å². The van der Waals surface area contributed by atoms with Gasteiger partial charge < -0.3 is 16.2 Å². The fraction of sp³-hybridized carbons (Fsp3) is 0.529. The molecule has 0 saturated heterocycles. The van der Waals surface area contributed by atoms with Crippen molar-refractivity contribution in [1.82, 2.24) is 0 Å². The number of aliphatic carboxylic acids is 1. The number of nitrogens with two attached hydrogens (primary N) is 1. The first-order valence-corrected chi connectivity index (χ1v) is 8.05. The molecule has 0 bridgehead atoms. The van der Waals surface area contributed by atoms with Crippen LogP contribution < -0.4 is 11.1 Å². The number of nitrogens with one attached hydrogen (secondary N) is 1. The lowest BCUT2D eigenvalue weighted by atomic mass is 9.50. The topological polar surface area (TPSA) is 92.4 Å². The third-order valence-corrected chi connectivity index (χ3v) is 4.89. The molecule has 1 aromatic carbocycles. The highest BCUT2D eigenvalue weighted by atomic mass is 19.4. The summed E-state index contributed by atoms with van der Waals surface area (Å²) in [6, 6.07) is 5.09. The number of benzene rings is 1. The van der Waals surface area contributed by atoms with Gasteiger partial charge in [0.05, 0.1) is 0 Å². The van der Waals surface area contributed by atoms with E-state index in [1.807, 2.05) is 0 Å². The second-order valence-corrected chi connectivity index (χ2v) is 6.98. The van der Waals surface area contributed by atoms with Crippen molar-refractivity contribution in [2.24, 2.45) is 17.1 Å². The van der Waals surface area contributed by atoms with Gasteiger partial charge in [0, 0.05) is 23.2 Å². The molecule has 1 amide bonds. The highest BCUT2D eigenvalue weighted by Crippen LogP contribution is 2.58. The highest BCUT2D eigenvalue weighted by molar-refractivity contribution is 5.94. The van der Waals surface area contributed by atoms with Gasteiger partial charge in [0.25, 0.3) is 0 Å². The van der Waals surface area contributed by atoms with Gasteiger partial charge in [0.15, 0.2) is 0 Å². The molecule has 4 N–H and O–H groups in total. The second-order valence-electron chi connectivity index (χ2n) is 6.98. The normalized spacial score (nSPS) is 26.8. The largest absolute Gasteiger partial charge is 0.490 e. The zero-order valence-corrected chi connectivity index (χ0v) is 14.1. The number of anilines is 1. The van der Waals surface area contributed by atoms with Crippen LogP contribution in [0.1, 0.15) is 31.2 Å². The van der Waals surface area contributed by atoms with Crippen LogP contribution in [0.4, 0.5) is 23.2 Å². The number of hydrogen-bond acceptors (Lipinski definition) is 3. The molecule has 2 fully saturated rings. The van der Waals surface area contributed by atoms with Crippen molar-refractivity contribution in [3.63, 3.8) is 0 Å². The molecule has 0 unspecified atom stereocenters. The zero-order valence-electron chi connectivity index (χ0n) is 14.1. The molecular weight excluding hydrogens is 356 g/mol. The van der Waals surface area contributed by atoms with Crippen molar-refractivity contribution >= 4 is 17.6 Å². The van der Waals surface area contributed by atoms with Crippen molar-refractivity contribution in [3.8, 4) is 0 Å². The molecule has 0 aromatic heterocycles. The maximum absolute atomic E-state index is 13.4. The molecule has 144 valence electrons. The first kappa shape index (κ1) is 20.2. The summed E-state index contributed by atoms with van der Waals surface area (Å²) in [6.07, 6.45) is -1.12. The monoisotopic (exact) mass is 376 g/mol. The molecule has 2 aliphatic rings. The summed E-state index contributed by atoms with van der Waals surface area (Å²) in [5, 5.41) is 9.96. The van der Waals surface area contributed by atoms with Crippen molar-refractivity contribution in [3.05, 3.63) is 29.6 Å².